The Morgan fingerprint density at radius 2 is 2.04 bits per heavy atom. The highest BCUT2D eigenvalue weighted by atomic mass is 32.2. The van der Waals surface area contributed by atoms with Crippen LogP contribution in [0.3, 0.4) is 0 Å². The van der Waals surface area contributed by atoms with Gasteiger partial charge in [-0.25, -0.2) is 4.98 Å². The molecule has 1 aromatic rings. The topological polar surface area (TPSA) is 68.3 Å². The summed E-state index contributed by atoms with van der Waals surface area (Å²) in [4.78, 5) is 27.7. The van der Waals surface area contributed by atoms with Crippen LogP contribution in [0.2, 0.25) is 0 Å². The molecule has 0 atom stereocenters. The lowest BCUT2D eigenvalue weighted by Gasteiger charge is -2.41. The molecule has 1 amide bonds. The van der Waals surface area contributed by atoms with Gasteiger partial charge in [-0.3, -0.25) is 9.59 Å². The van der Waals surface area contributed by atoms with E-state index in [4.69, 9.17) is 4.74 Å². The number of carbonyl (C=O) groups excluding carboxylic acids is 2. The summed E-state index contributed by atoms with van der Waals surface area (Å²) >= 11 is 1.59. The SMILES string of the molecule is CC(=O)CC1(NC(=O)c2ccc(C(F)(F)F)c(OCC3CC3)n2)CSC1. The van der Waals surface area contributed by atoms with Crippen LogP contribution in [0.4, 0.5) is 13.2 Å². The third-order valence-corrected chi connectivity index (χ3v) is 5.79. The molecule has 1 aliphatic heterocycles. The molecule has 2 fully saturated rings. The lowest BCUT2D eigenvalue weighted by Crippen LogP contribution is -2.59. The molecule has 0 radical (unpaired) electrons. The van der Waals surface area contributed by atoms with Gasteiger partial charge in [0.15, 0.2) is 0 Å². The van der Waals surface area contributed by atoms with Gasteiger partial charge in [-0.2, -0.15) is 24.9 Å². The Morgan fingerprint density at radius 1 is 1.35 bits per heavy atom. The average Bonchev–Trinajstić information content (AvgIpc) is 3.33. The van der Waals surface area contributed by atoms with Crippen LogP contribution in [0, 0.1) is 5.92 Å². The highest BCUT2D eigenvalue weighted by Crippen LogP contribution is 2.37. The van der Waals surface area contributed by atoms with Gasteiger partial charge in [0, 0.05) is 17.9 Å². The van der Waals surface area contributed by atoms with E-state index in [0.717, 1.165) is 25.0 Å². The van der Waals surface area contributed by atoms with Crippen LogP contribution in [0.5, 0.6) is 5.88 Å². The van der Waals surface area contributed by atoms with Gasteiger partial charge in [0.05, 0.1) is 12.1 Å². The predicted molar refractivity (Wildman–Crippen MR) is 90.3 cm³/mol. The van der Waals surface area contributed by atoms with Crippen molar-refractivity contribution in [3.05, 3.63) is 23.4 Å². The van der Waals surface area contributed by atoms with Gasteiger partial charge in [-0.1, -0.05) is 0 Å². The van der Waals surface area contributed by atoms with Gasteiger partial charge in [0.2, 0.25) is 5.88 Å². The second kappa shape index (κ2) is 7.09. The molecule has 142 valence electrons. The molecule has 26 heavy (non-hydrogen) atoms. The number of halogens is 3. The first-order chi connectivity index (χ1) is 12.2. The fourth-order valence-electron chi connectivity index (χ4n) is 2.72. The van der Waals surface area contributed by atoms with Gasteiger partial charge in [0.25, 0.3) is 5.91 Å². The van der Waals surface area contributed by atoms with Crippen LogP contribution < -0.4 is 10.1 Å². The number of nitrogens with one attached hydrogen (secondary N) is 1. The number of aromatic nitrogens is 1. The van der Waals surface area contributed by atoms with Gasteiger partial charge in [-0.15, -0.1) is 0 Å². The summed E-state index contributed by atoms with van der Waals surface area (Å²) in [5.74, 6) is 0.200. The number of hydrogen-bond donors (Lipinski definition) is 1. The van der Waals surface area contributed by atoms with E-state index in [2.05, 4.69) is 10.3 Å². The van der Waals surface area contributed by atoms with E-state index in [9.17, 15) is 22.8 Å². The average molecular weight is 388 g/mol. The number of carbonyl (C=O) groups is 2. The van der Waals surface area contributed by atoms with E-state index in [1.54, 1.807) is 11.8 Å². The lowest BCUT2D eigenvalue weighted by molar-refractivity contribution is -0.139. The molecule has 3 rings (SSSR count). The van der Waals surface area contributed by atoms with Gasteiger partial charge in [0.1, 0.15) is 17.0 Å². The maximum absolute atomic E-state index is 13.1. The first-order valence-electron chi connectivity index (χ1n) is 8.29. The molecule has 0 aromatic carbocycles. The molecule has 0 spiro atoms. The molecule has 5 nitrogen and oxygen atoms in total. The van der Waals surface area contributed by atoms with Crippen LogP contribution in [0.15, 0.2) is 12.1 Å². The summed E-state index contributed by atoms with van der Waals surface area (Å²) in [7, 11) is 0. The van der Waals surface area contributed by atoms with Crippen LogP contribution >= 0.6 is 11.8 Å². The number of hydrogen-bond acceptors (Lipinski definition) is 5. The van der Waals surface area contributed by atoms with E-state index >= 15 is 0 Å². The normalized spacial score (nSPS) is 18.8. The molecule has 1 N–H and O–H groups in total. The third-order valence-electron chi connectivity index (χ3n) is 4.27. The molecule has 9 heteroatoms. The number of nitrogens with zero attached hydrogens (tertiary/aromatic N) is 1. The second-order valence-corrected chi connectivity index (χ2v) is 7.89. The van der Waals surface area contributed by atoms with Gasteiger partial charge < -0.3 is 10.1 Å². The first-order valence-corrected chi connectivity index (χ1v) is 9.45. The Bertz CT molecular complexity index is 716. The summed E-state index contributed by atoms with van der Waals surface area (Å²) in [6, 6.07) is 1.85. The number of Topliss-reactive ketones (excluding diaryl/α,β-unsaturated/α-hetero) is 1. The molecule has 1 aromatic heterocycles. The summed E-state index contributed by atoms with van der Waals surface area (Å²) < 4.78 is 44.7. The lowest BCUT2D eigenvalue weighted by atomic mass is 9.96. The highest BCUT2D eigenvalue weighted by molar-refractivity contribution is 8.00. The minimum Gasteiger partial charge on any atom is -0.477 e. The van der Waals surface area contributed by atoms with Crippen molar-refractivity contribution >= 4 is 23.5 Å². The Labute approximate surface area is 153 Å². The fourth-order valence-corrected chi connectivity index (χ4v) is 3.77. The molecular formula is C17H19F3N2O3S. The largest absolute Gasteiger partial charge is 0.477 e. The minimum atomic E-state index is -4.61. The Morgan fingerprint density at radius 3 is 2.54 bits per heavy atom. The zero-order valence-corrected chi connectivity index (χ0v) is 15.0. The van der Waals surface area contributed by atoms with Crippen LogP contribution in [0.1, 0.15) is 42.2 Å². The van der Waals surface area contributed by atoms with E-state index in [1.807, 2.05) is 0 Å². The quantitative estimate of drug-likeness (QED) is 0.778. The number of alkyl halides is 3. The molecule has 0 bridgehead atoms. The third kappa shape index (κ3) is 4.49. The summed E-state index contributed by atoms with van der Waals surface area (Å²) in [6.07, 6.45) is -2.57. The van der Waals surface area contributed by atoms with Crippen molar-refractivity contribution in [2.24, 2.45) is 5.92 Å². The summed E-state index contributed by atoms with van der Waals surface area (Å²) in [5.41, 5.74) is -1.79. The number of rotatable bonds is 7. The zero-order valence-electron chi connectivity index (χ0n) is 14.2. The molecule has 1 saturated carbocycles. The maximum atomic E-state index is 13.1. The van der Waals surface area contributed by atoms with Gasteiger partial charge >= 0.3 is 6.18 Å². The Kier molecular flexibility index (Phi) is 5.18. The molecule has 1 saturated heterocycles. The number of thioether (sulfide) groups is 1. The zero-order chi connectivity index (χ0) is 18.9. The van der Waals surface area contributed by atoms with Crippen LogP contribution in [0.25, 0.3) is 0 Å². The summed E-state index contributed by atoms with van der Waals surface area (Å²) in [6.45, 7) is 1.60. The van der Waals surface area contributed by atoms with Crippen LogP contribution in [-0.4, -0.2) is 40.3 Å². The second-order valence-electron chi connectivity index (χ2n) is 6.91. The van der Waals surface area contributed by atoms with Crippen molar-refractivity contribution in [3.63, 3.8) is 0 Å². The number of ketones is 1. The first kappa shape index (κ1) is 19.0. The number of ether oxygens (including phenoxy) is 1. The van der Waals surface area contributed by atoms with E-state index in [-0.39, 0.29) is 30.4 Å². The van der Waals surface area contributed by atoms with E-state index in [0.29, 0.717) is 11.5 Å². The molecular weight excluding hydrogens is 369 g/mol. The predicted octanol–water partition coefficient (Wildman–Crippen LogP) is 3.08. The van der Waals surface area contributed by atoms with Crippen molar-refractivity contribution in [2.45, 2.75) is 37.9 Å². The van der Waals surface area contributed by atoms with Crippen molar-refractivity contribution in [3.8, 4) is 5.88 Å². The Hall–Kier alpha value is -1.77. The number of amides is 1. The molecule has 2 heterocycles. The fraction of sp³-hybridized carbons (Fsp3) is 0.588. The van der Waals surface area contributed by atoms with E-state index < -0.39 is 29.1 Å². The number of pyridine rings is 1. The van der Waals surface area contributed by atoms with Crippen molar-refractivity contribution in [1.29, 1.82) is 0 Å². The van der Waals surface area contributed by atoms with Crippen LogP contribution in [-0.2, 0) is 11.0 Å². The van der Waals surface area contributed by atoms with Crippen molar-refractivity contribution in [1.82, 2.24) is 10.3 Å². The Balaban J connectivity index is 1.78. The summed E-state index contributed by atoms with van der Waals surface area (Å²) in [5, 5.41) is 2.76. The van der Waals surface area contributed by atoms with Crippen molar-refractivity contribution in [2.75, 3.05) is 18.1 Å². The highest BCUT2D eigenvalue weighted by Gasteiger charge is 2.41. The van der Waals surface area contributed by atoms with E-state index in [1.165, 1.54) is 6.92 Å². The van der Waals surface area contributed by atoms with Crippen molar-refractivity contribution < 1.29 is 27.5 Å². The minimum absolute atomic E-state index is 0.0561. The smallest absolute Gasteiger partial charge is 0.421 e. The standard InChI is InChI=1S/C17H19F3N2O3S/c1-10(23)6-16(8-26-9-16)22-14(24)13-5-4-12(17(18,19)20)15(21-13)25-7-11-2-3-11/h4-5,11H,2-3,6-9H2,1H3,(H,22,24). The maximum Gasteiger partial charge on any atom is 0.421 e. The molecule has 2 aliphatic rings. The molecule has 1 aliphatic carbocycles. The van der Waals surface area contributed by atoms with Gasteiger partial charge in [-0.05, 0) is 37.8 Å². The molecule has 0 unspecified atom stereocenters. The monoisotopic (exact) mass is 388 g/mol.